The van der Waals surface area contributed by atoms with Crippen molar-refractivity contribution in [3.05, 3.63) is 85.6 Å². The fourth-order valence-electron chi connectivity index (χ4n) is 6.41. The van der Waals surface area contributed by atoms with E-state index in [0.29, 0.717) is 41.9 Å². The first-order valence-electron chi connectivity index (χ1n) is 15.8. The minimum Gasteiger partial charge on any atom is -0.463 e. The standard InChI is InChI=1S/C36H40N4O6/c1-5-36(21-45-33(42)28(37)16-22-10-7-6-8-11-22)27-18-30-31-24(19-40(30)32(41)26(27)20-44-34(36)43)17-25-23(12-9-13-29(25)39-31)14-15-38-46-35(2,3)4/h6-8,10-11,13,15,17-18,28H,5,9,12,14,16,19-21,37H2,1-4H3/b38-15+/t28-,36-/m0/s1. The lowest BCUT2D eigenvalue weighted by Gasteiger charge is -2.36. The number of nitrogens with two attached hydrogens (primary N) is 1. The average Bonchev–Trinajstić information content (AvgIpc) is 3.39. The lowest BCUT2D eigenvalue weighted by molar-refractivity contribution is -0.161. The van der Waals surface area contributed by atoms with E-state index in [9.17, 15) is 14.4 Å². The molecule has 0 fully saturated rings. The minimum absolute atomic E-state index is 0.140. The zero-order valence-electron chi connectivity index (χ0n) is 26.8. The van der Waals surface area contributed by atoms with Crippen molar-refractivity contribution < 1.29 is 23.9 Å². The van der Waals surface area contributed by atoms with E-state index in [4.69, 9.17) is 25.0 Å². The Hall–Kier alpha value is -4.57. The van der Waals surface area contributed by atoms with Gasteiger partial charge in [-0.25, -0.2) is 4.98 Å². The Kier molecular flexibility index (Phi) is 8.41. The third kappa shape index (κ3) is 5.89. The van der Waals surface area contributed by atoms with Crippen LogP contribution in [-0.4, -0.2) is 46.0 Å². The summed E-state index contributed by atoms with van der Waals surface area (Å²) in [6.45, 7) is 7.62. The van der Waals surface area contributed by atoms with E-state index in [2.05, 4.69) is 17.3 Å². The largest absolute Gasteiger partial charge is 0.463 e. The van der Waals surface area contributed by atoms with Crippen LogP contribution in [-0.2, 0) is 48.9 Å². The highest BCUT2D eigenvalue weighted by atomic mass is 16.6. The Morgan fingerprint density at radius 2 is 2.00 bits per heavy atom. The van der Waals surface area contributed by atoms with Crippen LogP contribution in [0.15, 0.2) is 52.4 Å². The number of hydrogen-bond acceptors (Lipinski definition) is 9. The van der Waals surface area contributed by atoms with Crippen LogP contribution >= 0.6 is 0 Å². The Balaban J connectivity index is 1.33. The zero-order valence-corrected chi connectivity index (χ0v) is 26.8. The van der Waals surface area contributed by atoms with E-state index in [1.54, 1.807) is 10.8 Å². The lowest BCUT2D eigenvalue weighted by Crippen LogP contribution is -2.49. The van der Waals surface area contributed by atoms with E-state index < -0.39 is 23.4 Å². The Morgan fingerprint density at radius 1 is 1.22 bits per heavy atom. The van der Waals surface area contributed by atoms with Crippen LogP contribution in [0.5, 0.6) is 0 Å². The number of aromatic nitrogens is 2. The molecule has 0 amide bonds. The van der Waals surface area contributed by atoms with Gasteiger partial charge in [0.25, 0.3) is 5.56 Å². The van der Waals surface area contributed by atoms with Gasteiger partial charge >= 0.3 is 11.9 Å². The molecule has 0 saturated heterocycles. The second-order valence-corrected chi connectivity index (χ2v) is 13.2. The number of carbonyl (C=O) groups excluding carboxylic acids is 2. The topological polar surface area (TPSA) is 135 Å². The number of oxime groups is 1. The summed E-state index contributed by atoms with van der Waals surface area (Å²) in [6.07, 6.45) is 6.86. The van der Waals surface area contributed by atoms with Gasteiger partial charge in [-0.1, -0.05) is 54.1 Å². The second kappa shape index (κ2) is 12.3. The molecule has 46 heavy (non-hydrogen) atoms. The summed E-state index contributed by atoms with van der Waals surface area (Å²) in [5.41, 5.74) is 9.55. The monoisotopic (exact) mass is 624 g/mol. The van der Waals surface area contributed by atoms with Gasteiger partial charge in [0.15, 0.2) is 0 Å². The molecule has 1 aromatic carbocycles. The number of ether oxygens (including phenoxy) is 2. The van der Waals surface area contributed by atoms with Crippen molar-refractivity contribution in [3.8, 4) is 11.4 Å². The maximum absolute atomic E-state index is 13.9. The molecule has 4 heterocycles. The summed E-state index contributed by atoms with van der Waals surface area (Å²) < 4.78 is 12.9. The molecule has 0 spiro atoms. The Morgan fingerprint density at radius 3 is 2.74 bits per heavy atom. The maximum Gasteiger partial charge on any atom is 0.323 e. The van der Waals surface area contributed by atoms with Crippen LogP contribution in [0, 0.1) is 0 Å². The molecule has 0 saturated carbocycles. The molecule has 0 bridgehead atoms. The maximum atomic E-state index is 13.9. The van der Waals surface area contributed by atoms with Gasteiger partial charge in [0.2, 0.25) is 0 Å². The Bertz CT molecular complexity index is 1910. The van der Waals surface area contributed by atoms with Gasteiger partial charge in [-0.15, -0.1) is 0 Å². The molecule has 3 aliphatic rings. The smallest absolute Gasteiger partial charge is 0.323 e. The highest BCUT2D eigenvalue weighted by Gasteiger charge is 2.48. The van der Waals surface area contributed by atoms with Crippen molar-refractivity contribution in [1.29, 1.82) is 0 Å². The van der Waals surface area contributed by atoms with Crippen LogP contribution < -0.4 is 21.9 Å². The third-order valence-corrected chi connectivity index (χ3v) is 8.93. The van der Waals surface area contributed by atoms with Crippen molar-refractivity contribution >= 4 is 29.8 Å². The van der Waals surface area contributed by atoms with Crippen LogP contribution in [0.3, 0.4) is 0 Å². The molecule has 0 radical (unpaired) electrons. The predicted molar refractivity (Wildman–Crippen MR) is 174 cm³/mol. The molecular formula is C36H40N4O6. The molecule has 10 nitrogen and oxygen atoms in total. The third-order valence-electron chi connectivity index (χ3n) is 8.93. The molecule has 2 aliphatic heterocycles. The number of carbonyl (C=O) groups is 2. The van der Waals surface area contributed by atoms with Crippen molar-refractivity contribution in [2.45, 2.75) is 90.0 Å². The number of rotatable bonds is 9. The summed E-state index contributed by atoms with van der Waals surface area (Å²) >= 11 is 0. The number of cyclic esters (lactones) is 1. The predicted octanol–water partition coefficient (Wildman–Crippen LogP) is 3.01. The summed E-state index contributed by atoms with van der Waals surface area (Å²) in [4.78, 5) is 50.9. The van der Waals surface area contributed by atoms with Gasteiger partial charge in [-0.2, -0.15) is 0 Å². The number of fused-ring (bicyclic) bond motifs is 5. The van der Waals surface area contributed by atoms with Crippen LogP contribution in [0.1, 0.15) is 75.6 Å². The van der Waals surface area contributed by atoms with Gasteiger partial charge in [0, 0.05) is 18.2 Å². The van der Waals surface area contributed by atoms with Crippen molar-refractivity contribution in [1.82, 2.24) is 9.55 Å². The van der Waals surface area contributed by atoms with E-state index in [-0.39, 0.29) is 30.8 Å². The van der Waals surface area contributed by atoms with Crippen LogP contribution in [0.4, 0.5) is 0 Å². The summed E-state index contributed by atoms with van der Waals surface area (Å²) in [5, 5.41) is 6.07. The summed E-state index contributed by atoms with van der Waals surface area (Å²) in [6, 6.07) is 12.5. The average molecular weight is 625 g/mol. The molecule has 6 rings (SSSR count). The number of esters is 2. The van der Waals surface area contributed by atoms with Crippen LogP contribution in [0.2, 0.25) is 0 Å². The van der Waals surface area contributed by atoms with E-state index >= 15 is 0 Å². The molecule has 3 aromatic rings. The quantitative estimate of drug-likeness (QED) is 0.171. The normalized spacial score (nSPS) is 19.0. The molecular weight excluding hydrogens is 584 g/mol. The highest BCUT2D eigenvalue weighted by Crippen LogP contribution is 2.39. The first-order valence-corrected chi connectivity index (χ1v) is 15.8. The molecule has 10 heteroatoms. The first-order chi connectivity index (χ1) is 22.0. The number of pyridine rings is 2. The second-order valence-electron chi connectivity index (χ2n) is 13.2. The molecule has 240 valence electrons. The van der Waals surface area contributed by atoms with Crippen molar-refractivity contribution in [2.75, 3.05) is 6.61 Å². The van der Waals surface area contributed by atoms with E-state index in [0.717, 1.165) is 34.5 Å². The summed E-state index contributed by atoms with van der Waals surface area (Å²) in [5.74, 6) is -1.15. The number of hydrogen-bond donors (Lipinski definition) is 1. The fraction of sp³-hybridized carbons (Fsp3) is 0.417. The lowest BCUT2D eigenvalue weighted by atomic mass is 9.75. The van der Waals surface area contributed by atoms with E-state index in [1.165, 1.54) is 5.57 Å². The molecule has 2 atom stereocenters. The van der Waals surface area contributed by atoms with Gasteiger partial charge < -0.3 is 24.6 Å². The first kappa shape index (κ1) is 31.4. The van der Waals surface area contributed by atoms with Gasteiger partial charge in [0.05, 0.1) is 28.8 Å². The van der Waals surface area contributed by atoms with Gasteiger partial charge in [-0.05, 0) is 74.9 Å². The van der Waals surface area contributed by atoms with E-state index in [1.807, 2.05) is 64.1 Å². The number of benzene rings is 1. The van der Waals surface area contributed by atoms with Gasteiger partial charge in [-0.3, -0.25) is 14.4 Å². The minimum atomic E-state index is -1.34. The molecule has 0 unspecified atom stereocenters. The number of nitrogens with zero attached hydrogens (tertiary/aromatic N) is 3. The molecule has 1 aliphatic carbocycles. The Labute approximate surface area is 267 Å². The van der Waals surface area contributed by atoms with Crippen molar-refractivity contribution in [2.24, 2.45) is 10.9 Å². The molecule has 2 aromatic heterocycles. The fourth-order valence-corrected chi connectivity index (χ4v) is 6.41. The van der Waals surface area contributed by atoms with Crippen molar-refractivity contribution in [3.63, 3.8) is 0 Å². The SMILES string of the molecule is CC[C@@]1(COC(=O)[C@@H](N)Cc2ccccc2)C(=O)OCc2c1cc1n(c2=O)Cc2cc3c(nc2-1)=CCCC=3C/C=N/OC(C)(C)C. The highest BCUT2D eigenvalue weighted by molar-refractivity contribution is 5.87. The van der Waals surface area contributed by atoms with Crippen LogP contribution in [0.25, 0.3) is 23.0 Å². The summed E-state index contributed by atoms with van der Waals surface area (Å²) in [7, 11) is 0. The zero-order chi connectivity index (χ0) is 32.6. The molecule has 2 N–H and O–H groups in total. The van der Waals surface area contributed by atoms with Gasteiger partial charge in [0.1, 0.15) is 30.3 Å².